The topological polar surface area (TPSA) is 44.7 Å². The molecule has 5 rings (SSSR count). The number of benzene rings is 1. The molecule has 0 radical (unpaired) electrons. The van der Waals surface area contributed by atoms with Gasteiger partial charge in [0.2, 0.25) is 5.91 Å². The fraction of sp³-hybridized carbons (Fsp3) is 0.680. The predicted octanol–water partition coefficient (Wildman–Crippen LogP) is 3.81. The molecule has 0 spiro atoms. The summed E-state index contributed by atoms with van der Waals surface area (Å²) in [5.41, 5.74) is 0.777. The van der Waals surface area contributed by atoms with Crippen LogP contribution in [0.3, 0.4) is 0 Å². The van der Waals surface area contributed by atoms with Crippen LogP contribution in [0.4, 0.5) is 0 Å². The maximum Gasteiger partial charge on any atom is 0.249 e. The number of aliphatic imine (C=N–C) groups is 1. The minimum absolute atomic E-state index is 0.169. The van der Waals surface area contributed by atoms with Gasteiger partial charge in [0, 0.05) is 25.3 Å². The van der Waals surface area contributed by atoms with Gasteiger partial charge in [-0.1, -0.05) is 58.0 Å². The van der Waals surface area contributed by atoms with Crippen molar-refractivity contribution in [2.75, 3.05) is 19.6 Å². The summed E-state index contributed by atoms with van der Waals surface area (Å²) in [5, 5.41) is 3.28. The molecule has 1 aromatic carbocycles. The third-order valence-corrected chi connectivity index (χ3v) is 7.17. The van der Waals surface area contributed by atoms with E-state index in [1.165, 1.54) is 5.56 Å². The number of carbonyl (C=O) groups excluding carboxylic acids is 1. The van der Waals surface area contributed by atoms with E-state index in [2.05, 4.69) is 74.5 Å². The van der Waals surface area contributed by atoms with Crippen molar-refractivity contribution in [3.63, 3.8) is 0 Å². The van der Waals surface area contributed by atoms with E-state index in [-0.39, 0.29) is 11.9 Å². The maximum atomic E-state index is 13.7. The van der Waals surface area contributed by atoms with Gasteiger partial charge >= 0.3 is 0 Å². The molecule has 29 heavy (non-hydrogen) atoms. The molecule has 1 saturated carbocycles. The number of amides is 1. The molecular weight excluding hydrogens is 358 g/mol. The highest BCUT2D eigenvalue weighted by atomic mass is 16.2. The van der Waals surface area contributed by atoms with Gasteiger partial charge in [-0.15, -0.1) is 0 Å². The van der Waals surface area contributed by atoms with Gasteiger partial charge in [0.15, 0.2) is 5.54 Å². The molecule has 5 atom stereocenters. The number of hydrogen-bond acceptors (Lipinski definition) is 3. The number of likely N-dealkylation sites (tertiary alicyclic amines) is 1. The van der Waals surface area contributed by atoms with Gasteiger partial charge < -0.3 is 5.32 Å². The Kier molecular flexibility index (Phi) is 5.83. The lowest BCUT2D eigenvalue weighted by Crippen LogP contribution is -2.75. The fourth-order valence-electron chi connectivity index (χ4n) is 6.04. The summed E-state index contributed by atoms with van der Waals surface area (Å²) in [5.74, 6) is 2.53. The van der Waals surface area contributed by atoms with E-state index in [1.54, 1.807) is 0 Å². The first kappa shape index (κ1) is 20.6. The Hall–Kier alpha value is -1.68. The fourth-order valence-corrected chi connectivity index (χ4v) is 6.04. The van der Waals surface area contributed by atoms with Crippen LogP contribution in [0.1, 0.15) is 46.1 Å². The number of nitrogens with one attached hydrogen (secondary N) is 1. The molecule has 3 heterocycles. The lowest BCUT2D eigenvalue weighted by atomic mass is 9.54. The molecule has 1 aliphatic carbocycles. The van der Waals surface area contributed by atoms with Gasteiger partial charge in [0.1, 0.15) is 0 Å². The first-order valence-corrected chi connectivity index (χ1v) is 11.5. The van der Waals surface area contributed by atoms with Crippen molar-refractivity contribution in [3.8, 4) is 0 Å². The van der Waals surface area contributed by atoms with E-state index in [0.717, 1.165) is 38.9 Å². The molecule has 0 aromatic heterocycles. The van der Waals surface area contributed by atoms with Crippen LogP contribution in [-0.2, 0) is 11.2 Å². The van der Waals surface area contributed by atoms with Crippen LogP contribution in [0.15, 0.2) is 35.3 Å². The summed E-state index contributed by atoms with van der Waals surface area (Å²) >= 11 is 0. The Bertz CT molecular complexity index is 744. The van der Waals surface area contributed by atoms with Gasteiger partial charge in [0.25, 0.3) is 0 Å². The Balaban J connectivity index is 1.70. The number of piperidine rings is 1. The minimum atomic E-state index is -0.601. The first-order chi connectivity index (χ1) is 13.9. The smallest absolute Gasteiger partial charge is 0.249 e. The quantitative estimate of drug-likeness (QED) is 0.763. The van der Waals surface area contributed by atoms with Crippen molar-refractivity contribution in [3.05, 3.63) is 35.9 Å². The monoisotopic (exact) mass is 395 g/mol. The summed E-state index contributed by atoms with van der Waals surface area (Å²) in [6.45, 7) is 11.8. The Morgan fingerprint density at radius 1 is 1.21 bits per heavy atom. The predicted molar refractivity (Wildman–Crippen MR) is 119 cm³/mol. The zero-order chi connectivity index (χ0) is 20.6. The Labute approximate surface area is 176 Å². The first-order valence-electron chi connectivity index (χ1n) is 11.5. The van der Waals surface area contributed by atoms with E-state index in [0.29, 0.717) is 29.6 Å². The number of carbonyl (C=O) groups is 1. The third kappa shape index (κ3) is 3.76. The lowest BCUT2D eigenvalue weighted by Gasteiger charge is -2.61. The SMILES string of the molecule is CC(C)CNC(=O)[C@]12N=C[C@@H]3C[C@H]1CCN(CC(C)C)[C@H]2[C@@H]3Cc1ccccc1. The molecule has 4 heteroatoms. The number of nitrogens with zero attached hydrogens (tertiary/aromatic N) is 2. The van der Waals surface area contributed by atoms with Gasteiger partial charge in [-0.2, -0.15) is 0 Å². The van der Waals surface area contributed by atoms with Crippen LogP contribution in [0, 0.1) is 29.6 Å². The normalized spacial score (nSPS) is 33.4. The summed E-state index contributed by atoms with van der Waals surface area (Å²) in [4.78, 5) is 21.4. The van der Waals surface area contributed by atoms with Crippen LogP contribution in [-0.4, -0.2) is 48.2 Å². The van der Waals surface area contributed by atoms with Crippen molar-refractivity contribution in [2.45, 2.75) is 58.5 Å². The van der Waals surface area contributed by atoms with Gasteiger partial charge in [-0.3, -0.25) is 14.7 Å². The van der Waals surface area contributed by atoms with E-state index >= 15 is 0 Å². The van der Waals surface area contributed by atoms with E-state index in [4.69, 9.17) is 4.99 Å². The molecule has 158 valence electrons. The van der Waals surface area contributed by atoms with E-state index in [1.807, 2.05) is 0 Å². The molecule has 1 N–H and O–H groups in total. The molecule has 3 aliphatic heterocycles. The Morgan fingerprint density at radius 2 is 1.97 bits per heavy atom. The standard InChI is InChI=1S/C25H37N3O/c1-17(2)14-26-24(29)25-21-10-11-28(16-18(3)4)23(25)22(20(13-21)15-27-25)12-19-8-6-5-7-9-19/h5-9,15,17-18,20-23H,10-14,16H2,1-4H3,(H,26,29)/t20-,21+,22+,23-,25-/m0/s1. The van der Waals surface area contributed by atoms with Crippen LogP contribution in [0.25, 0.3) is 0 Å². The second-order valence-electron chi connectivity index (χ2n) is 10.3. The minimum Gasteiger partial charge on any atom is -0.354 e. The van der Waals surface area contributed by atoms with Crippen LogP contribution in [0.5, 0.6) is 0 Å². The average Bonchev–Trinajstić information content (AvgIpc) is 2.70. The summed E-state index contributed by atoms with van der Waals surface area (Å²) in [6, 6.07) is 11.0. The molecule has 4 bridgehead atoms. The molecule has 4 aliphatic rings. The van der Waals surface area contributed by atoms with Crippen molar-refractivity contribution in [1.82, 2.24) is 10.2 Å². The van der Waals surface area contributed by atoms with Crippen LogP contribution >= 0.6 is 0 Å². The highest BCUT2D eigenvalue weighted by Gasteiger charge is 2.64. The van der Waals surface area contributed by atoms with E-state index < -0.39 is 5.54 Å². The molecule has 1 saturated heterocycles. The van der Waals surface area contributed by atoms with Crippen LogP contribution < -0.4 is 5.32 Å². The van der Waals surface area contributed by atoms with Gasteiger partial charge in [-0.25, -0.2) is 0 Å². The summed E-state index contributed by atoms with van der Waals surface area (Å²) in [7, 11) is 0. The zero-order valence-corrected chi connectivity index (χ0v) is 18.5. The van der Waals surface area contributed by atoms with Gasteiger partial charge in [-0.05, 0) is 61.0 Å². The van der Waals surface area contributed by atoms with E-state index in [9.17, 15) is 4.79 Å². The number of rotatable bonds is 7. The number of hydrogen-bond donors (Lipinski definition) is 1. The lowest BCUT2D eigenvalue weighted by molar-refractivity contribution is -0.144. The van der Waals surface area contributed by atoms with Crippen molar-refractivity contribution < 1.29 is 4.79 Å². The highest BCUT2D eigenvalue weighted by Crippen LogP contribution is 2.53. The Morgan fingerprint density at radius 3 is 2.66 bits per heavy atom. The second-order valence-corrected chi connectivity index (χ2v) is 10.3. The van der Waals surface area contributed by atoms with Gasteiger partial charge in [0.05, 0.1) is 0 Å². The third-order valence-electron chi connectivity index (χ3n) is 7.17. The van der Waals surface area contributed by atoms with Crippen molar-refractivity contribution >= 4 is 12.1 Å². The molecular formula is C25H37N3O. The highest BCUT2D eigenvalue weighted by molar-refractivity contribution is 5.91. The van der Waals surface area contributed by atoms with Crippen molar-refractivity contribution in [2.24, 2.45) is 34.6 Å². The summed E-state index contributed by atoms with van der Waals surface area (Å²) in [6.07, 6.45) is 5.38. The second kappa shape index (κ2) is 8.22. The van der Waals surface area contributed by atoms with Crippen molar-refractivity contribution in [1.29, 1.82) is 0 Å². The summed E-state index contributed by atoms with van der Waals surface area (Å²) < 4.78 is 0. The average molecular weight is 396 g/mol. The zero-order valence-electron chi connectivity index (χ0n) is 18.5. The largest absolute Gasteiger partial charge is 0.354 e. The molecule has 0 unspecified atom stereocenters. The maximum absolute atomic E-state index is 13.7. The molecule has 1 aromatic rings. The molecule has 2 fully saturated rings. The molecule has 4 nitrogen and oxygen atoms in total. The molecule has 1 amide bonds. The van der Waals surface area contributed by atoms with Crippen LogP contribution in [0.2, 0.25) is 0 Å².